The van der Waals surface area contributed by atoms with Crippen LogP contribution < -0.4 is 16.0 Å². The molecule has 2 aromatic carbocycles. The summed E-state index contributed by atoms with van der Waals surface area (Å²) in [6, 6.07) is 13.5. The number of carbonyl (C=O) groups is 2. The van der Waals surface area contributed by atoms with E-state index in [1.807, 2.05) is 0 Å². The summed E-state index contributed by atoms with van der Waals surface area (Å²) in [5.74, 6) is -0.232. The van der Waals surface area contributed by atoms with Gasteiger partial charge in [0.2, 0.25) is 0 Å². The van der Waals surface area contributed by atoms with E-state index < -0.39 is 0 Å². The molecule has 8 heteroatoms. The molecule has 27 heavy (non-hydrogen) atoms. The molecule has 0 spiro atoms. The molecule has 3 aromatic rings. The second kappa shape index (κ2) is 8.43. The van der Waals surface area contributed by atoms with E-state index in [9.17, 15) is 9.59 Å². The summed E-state index contributed by atoms with van der Waals surface area (Å²) in [6.07, 6.45) is 4.63. The Hall–Kier alpha value is -3.94. The quantitative estimate of drug-likeness (QED) is 0.587. The van der Waals surface area contributed by atoms with Gasteiger partial charge in [-0.3, -0.25) is 4.79 Å². The standard InChI is InChI=1S/C19H18N6O2/c1-2-11-21-19(27)24-16-7-5-15(6-8-16)23-18(26)14-3-9-17(10-4-14)25-13-20-12-22-25/h2-10,12-13H,1,11H2,(H,23,26)(H2,21,24,27). The fourth-order valence-electron chi connectivity index (χ4n) is 2.29. The number of hydrogen-bond donors (Lipinski definition) is 3. The van der Waals surface area contributed by atoms with Gasteiger partial charge in [-0.25, -0.2) is 14.5 Å². The van der Waals surface area contributed by atoms with Gasteiger partial charge in [-0.2, -0.15) is 5.10 Å². The van der Waals surface area contributed by atoms with E-state index in [0.29, 0.717) is 23.5 Å². The van der Waals surface area contributed by atoms with E-state index in [0.717, 1.165) is 5.69 Å². The highest BCUT2D eigenvalue weighted by molar-refractivity contribution is 6.04. The van der Waals surface area contributed by atoms with Crippen LogP contribution in [0.15, 0.2) is 73.8 Å². The molecule has 136 valence electrons. The second-order valence-electron chi connectivity index (χ2n) is 5.54. The first-order valence-electron chi connectivity index (χ1n) is 8.18. The maximum atomic E-state index is 12.4. The topological polar surface area (TPSA) is 101 Å². The molecule has 0 aliphatic carbocycles. The number of anilines is 2. The summed E-state index contributed by atoms with van der Waals surface area (Å²) >= 11 is 0. The van der Waals surface area contributed by atoms with Crippen LogP contribution in [0.5, 0.6) is 0 Å². The van der Waals surface area contributed by atoms with Crippen LogP contribution >= 0.6 is 0 Å². The molecular weight excluding hydrogens is 344 g/mol. The summed E-state index contributed by atoms with van der Waals surface area (Å²) in [5.41, 5.74) is 2.57. The summed E-state index contributed by atoms with van der Waals surface area (Å²) in [7, 11) is 0. The maximum Gasteiger partial charge on any atom is 0.319 e. The van der Waals surface area contributed by atoms with Crippen molar-refractivity contribution in [1.82, 2.24) is 20.1 Å². The molecule has 1 aromatic heterocycles. The maximum absolute atomic E-state index is 12.4. The van der Waals surface area contributed by atoms with E-state index in [4.69, 9.17) is 0 Å². The molecule has 3 N–H and O–H groups in total. The van der Waals surface area contributed by atoms with Gasteiger partial charge < -0.3 is 16.0 Å². The summed E-state index contributed by atoms with van der Waals surface area (Å²) in [6.45, 7) is 3.92. The Balaban J connectivity index is 1.59. The highest BCUT2D eigenvalue weighted by Gasteiger charge is 2.07. The fraction of sp³-hybridized carbons (Fsp3) is 0.0526. The van der Waals surface area contributed by atoms with Gasteiger partial charge >= 0.3 is 6.03 Å². The van der Waals surface area contributed by atoms with Crippen LogP contribution in [0, 0.1) is 0 Å². The highest BCUT2D eigenvalue weighted by atomic mass is 16.2. The van der Waals surface area contributed by atoms with Gasteiger partial charge in [0, 0.05) is 23.5 Å². The van der Waals surface area contributed by atoms with Crippen LogP contribution in [0.4, 0.5) is 16.2 Å². The smallest absolute Gasteiger partial charge is 0.319 e. The van der Waals surface area contributed by atoms with E-state index in [-0.39, 0.29) is 11.9 Å². The van der Waals surface area contributed by atoms with Gasteiger partial charge in [0.25, 0.3) is 5.91 Å². The number of aromatic nitrogens is 3. The minimum Gasteiger partial charge on any atom is -0.334 e. The van der Waals surface area contributed by atoms with Crippen molar-refractivity contribution in [3.63, 3.8) is 0 Å². The zero-order valence-electron chi connectivity index (χ0n) is 14.4. The molecule has 0 aliphatic heterocycles. The third-order valence-electron chi connectivity index (χ3n) is 3.62. The van der Waals surface area contributed by atoms with Crippen LogP contribution in [0.1, 0.15) is 10.4 Å². The van der Waals surface area contributed by atoms with Crippen LogP contribution in [0.3, 0.4) is 0 Å². The Kier molecular flexibility index (Phi) is 5.58. The molecule has 3 amide bonds. The first kappa shape index (κ1) is 17.9. The van der Waals surface area contributed by atoms with E-state index in [1.54, 1.807) is 65.6 Å². The molecule has 1 heterocycles. The molecular formula is C19H18N6O2. The Labute approximate surface area is 155 Å². The lowest BCUT2D eigenvalue weighted by atomic mass is 10.2. The van der Waals surface area contributed by atoms with Crippen LogP contribution in [0.2, 0.25) is 0 Å². The molecule has 0 unspecified atom stereocenters. The summed E-state index contributed by atoms with van der Waals surface area (Å²) < 4.78 is 1.61. The van der Waals surface area contributed by atoms with Crippen LogP contribution in [-0.4, -0.2) is 33.2 Å². The molecule has 0 fully saturated rings. The van der Waals surface area contributed by atoms with Gasteiger partial charge in [-0.1, -0.05) is 6.08 Å². The second-order valence-corrected chi connectivity index (χ2v) is 5.54. The zero-order chi connectivity index (χ0) is 19.1. The predicted molar refractivity (Wildman–Crippen MR) is 103 cm³/mol. The van der Waals surface area contributed by atoms with E-state index in [2.05, 4.69) is 32.6 Å². The first-order chi connectivity index (χ1) is 13.2. The van der Waals surface area contributed by atoms with Gasteiger partial charge in [-0.15, -0.1) is 6.58 Å². The Bertz CT molecular complexity index is 918. The number of amides is 3. The molecule has 8 nitrogen and oxygen atoms in total. The normalized spacial score (nSPS) is 10.1. The highest BCUT2D eigenvalue weighted by Crippen LogP contribution is 2.15. The number of nitrogens with zero attached hydrogens (tertiary/aromatic N) is 3. The minimum atomic E-state index is -0.320. The molecule has 0 saturated carbocycles. The van der Waals surface area contributed by atoms with Crippen LogP contribution in [0.25, 0.3) is 5.69 Å². The number of urea groups is 1. The third kappa shape index (κ3) is 4.79. The molecule has 3 rings (SSSR count). The molecule has 0 radical (unpaired) electrons. The Morgan fingerprint density at radius 2 is 1.67 bits per heavy atom. The van der Waals surface area contributed by atoms with Crippen molar-refractivity contribution >= 4 is 23.3 Å². The number of hydrogen-bond acceptors (Lipinski definition) is 4. The van der Waals surface area contributed by atoms with Crippen LogP contribution in [-0.2, 0) is 0 Å². The van der Waals surface area contributed by atoms with Crippen molar-refractivity contribution in [1.29, 1.82) is 0 Å². The number of rotatable bonds is 6. The fourth-order valence-corrected chi connectivity index (χ4v) is 2.29. The molecule has 0 saturated heterocycles. The van der Waals surface area contributed by atoms with Crippen molar-refractivity contribution in [2.75, 3.05) is 17.2 Å². The molecule has 0 bridgehead atoms. The Morgan fingerprint density at radius 1 is 1.00 bits per heavy atom. The lowest BCUT2D eigenvalue weighted by Crippen LogP contribution is -2.28. The number of nitrogens with one attached hydrogen (secondary N) is 3. The lowest BCUT2D eigenvalue weighted by molar-refractivity contribution is 0.102. The average molecular weight is 362 g/mol. The van der Waals surface area contributed by atoms with Gasteiger partial charge in [0.1, 0.15) is 12.7 Å². The zero-order valence-corrected chi connectivity index (χ0v) is 14.4. The van der Waals surface area contributed by atoms with E-state index >= 15 is 0 Å². The van der Waals surface area contributed by atoms with Gasteiger partial charge in [0.15, 0.2) is 0 Å². The minimum absolute atomic E-state index is 0.232. The van der Waals surface area contributed by atoms with Crippen molar-refractivity contribution in [2.24, 2.45) is 0 Å². The monoisotopic (exact) mass is 362 g/mol. The van der Waals surface area contributed by atoms with Crippen molar-refractivity contribution in [2.45, 2.75) is 0 Å². The average Bonchev–Trinajstić information content (AvgIpc) is 3.23. The van der Waals surface area contributed by atoms with Gasteiger partial charge in [0.05, 0.1) is 5.69 Å². The van der Waals surface area contributed by atoms with Crippen molar-refractivity contribution < 1.29 is 9.59 Å². The SMILES string of the molecule is C=CCNC(=O)Nc1ccc(NC(=O)c2ccc(-n3cncn3)cc2)cc1. The summed E-state index contributed by atoms with van der Waals surface area (Å²) in [5, 5.41) is 12.2. The number of carbonyl (C=O) groups excluding carboxylic acids is 2. The largest absolute Gasteiger partial charge is 0.334 e. The third-order valence-corrected chi connectivity index (χ3v) is 3.62. The molecule has 0 aliphatic rings. The van der Waals surface area contributed by atoms with Crippen molar-refractivity contribution in [3.05, 3.63) is 79.4 Å². The van der Waals surface area contributed by atoms with E-state index in [1.165, 1.54) is 6.33 Å². The first-order valence-corrected chi connectivity index (χ1v) is 8.18. The summed E-state index contributed by atoms with van der Waals surface area (Å²) in [4.78, 5) is 27.8. The molecule has 0 atom stereocenters. The Morgan fingerprint density at radius 3 is 2.26 bits per heavy atom. The van der Waals surface area contributed by atoms with Gasteiger partial charge in [-0.05, 0) is 48.5 Å². The lowest BCUT2D eigenvalue weighted by Gasteiger charge is -2.09. The van der Waals surface area contributed by atoms with Crippen molar-refractivity contribution in [3.8, 4) is 5.69 Å². The predicted octanol–water partition coefficient (Wildman–Crippen LogP) is 2.83. The number of benzene rings is 2.